The molecule has 1 aliphatic heterocycles. The lowest BCUT2D eigenvalue weighted by Gasteiger charge is -2.14. The van der Waals surface area contributed by atoms with E-state index in [1.807, 2.05) is 54.6 Å². The second kappa shape index (κ2) is 9.57. The molecule has 1 aromatic heterocycles. The van der Waals surface area contributed by atoms with Crippen molar-refractivity contribution in [1.29, 1.82) is 0 Å². The number of fused-ring (bicyclic) bond motifs is 2. The summed E-state index contributed by atoms with van der Waals surface area (Å²) in [5.74, 6) is 2.42. The molecule has 4 aromatic rings. The van der Waals surface area contributed by atoms with Gasteiger partial charge in [-0.05, 0) is 60.0 Å². The summed E-state index contributed by atoms with van der Waals surface area (Å²) >= 11 is 0. The van der Waals surface area contributed by atoms with Crippen LogP contribution < -0.4 is 19.5 Å². The summed E-state index contributed by atoms with van der Waals surface area (Å²) in [6.45, 7) is 1.30. The van der Waals surface area contributed by atoms with E-state index in [0.717, 1.165) is 41.1 Å². The van der Waals surface area contributed by atoms with Crippen LogP contribution >= 0.6 is 0 Å². The summed E-state index contributed by atoms with van der Waals surface area (Å²) in [6, 6.07) is 16.9. The summed E-state index contributed by atoms with van der Waals surface area (Å²) in [4.78, 5) is 17.2. The summed E-state index contributed by atoms with van der Waals surface area (Å²) in [7, 11) is 3.19. The van der Waals surface area contributed by atoms with E-state index >= 15 is 0 Å². The molecule has 7 heteroatoms. The first kappa shape index (κ1) is 22.0. The number of methoxy groups -OCH3 is 2. The molecule has 34 heavy (non-hydrogen) atoms. The summed E-state index contributed by atoms with van der Waals surface area (Å²) < 4.78 is 22.7. The van der Waals surface area contributed by atoms with Crippen LogP contribution in [0.3, 0.4) is 0 Å². The number of carbonyl (C=O) groups excluding carboxylic acids is 1. The maximum absolute atomic E-state index is 12.8. The van der Waals surface area contributed by atoms with Crippen molar-refractivity contribution < 1.29 is 23.7 Å². The van der Waals surface area contributed by atoms with Gasteiger partial charge in [0.1, 0.15) is 11.5 Å². The number of carbonyl (C=O) groups is 1. The zero-order valence-electron chi connectivity index (χ0n) is 19.2. The number of rotatable bonds is 7. The van der Waals surface area contributed by atoms with Crippen LogP contribution in [-0.2, 0) is 4.74 Å². The van der Waals surface area contributed by atoms with Crippen LogP contribution in [0.4, 0.5) is 0 Å². The predicted molar refractivity (Wildman–Crippen MR) is 130 cm³/mol. The molecule has 2 heterocycles. The molecule has 174 valence electrons. The Kier molecular flexibility index (Phi) is 6.18. The van der Waals surface area contributed by atoms with Gasteiger partial charge in [0.25, 0.3) is 5.91 Å². The largest absolute Gasteiger partial charge is 0.493 e. The van der Waals surface area contributed by atoms with Crippen LogP contribution in [0.15, 0.2) is 60.8 Å². The van der Waals surface area contributed by atoms with Crippen molar-refractivity contribution in [3.05, 3.63) is 66.4 Å². The Balaban J connectivity index is 1.42. The fourth-order valence-electron chi connectivity index (χ4n) is 4.29. The van der Waals surface area contributed by atoms with E-state index < -0.39 is 0 Å². The number of amides is 1. The SMILES string of the molecule is COc1cc2nccc(Oc3ccc4c(C(=O)NC[C@H]5CCCO5)cccc4c3)c2cc1OC. The number of aromatic nitrogens is 1. The molecule has 0 unspecified atom stereocenters. The maximum atomic E-state index is 12.8. The molecule has 0 radical (unpaired) electrons. The zero-order chi connectivity index (χ0) is 23.5. The highest BCUT2D eigenvalue weighted by Crippen LogP contribution is 2.37. The van der Waals surface area contributed by atoms with E-state index in [9.17, 15) is 4.79 Å². The molecule has 1 amide bonds. The van der Waals surface area contributed by atoms with Gasteiger partial charge in [0.2, 0.25) is 0 Å². The highest BCUT2D eigenvalue weighted by Gasteiger charge is 2.18. The Morgan fingerprint density at radius 3 is 2.68 bits per heavy atom. The van der Waals surface area contributed by atoms with E-state index in [4.69, 9.17) is 18.9 Å². The Morgan fingerprint density at radius 1 is 1.03 bits per heavy atom. The van der Waals surface area contributed by atoms with Crippen LogP contribution in [-0.4, -0.2) is 44.4 Å². The lowest BCUT2D eigenvalue weighted by molar-refractivity contribution is 0.0859. The minimum Gasteiger partial charge on any atom is -0.493 e. The Hall–Kier alpha value is -3.84. The molecule has 1 N–H and O–H groups in total. The normalized spacial score (nSPS) is 15.4. The molecule has 1 aliphatic rings. The monoisotopic (exact) mass is 458 g/mol. The van der Waals surface area contributed by atoms with Crippen molar-refractivity contribution in [3.63, 3.8) is 0 Å². The number of hydrogen-bond donors (Lipinski definition) is 1. The zero-order valence-corrected chi connectivity index (χ0v) is 19.2. The number of pyridine rings is 1. The second-order valence-corrected chi connectivity index (χ2v) is 8.17. The average molecular weight is 459 g/mol. The van der Waals surface area contributed by atoms with Crippen molar-refractivity contribution in [2.75, 3.05) is 27.4 Å². The van der Waals surface area contributed by atoms with Gasteiger partial charge in [-0.1, -0.05) is 12.1 Å². The highest BCUT2D eigenvalue weighted by molar-refractivity contribution is 6.07. The third-order valence-electron chi connectivity index (χ3n) is 6.05. The first-order valence-corrected chi connectivity index (χ1v) is 11.3. The molecule has 0 spiro atoms. The minimum absolute atomic E-state index is 0.101. The summed E-state index contributed by atoms with van der Waals surface area (Å²) in [6.07, 6.45) is 3.83. The fraction of sp³-hybridized carbons (Fsp3) is 0.259. The van der Waals surface area contributed by atoms with Crippen LogP contribution in [0.1, 0.15) is 23.2 Å². The predicted octanol–water partition coefficient (Wildman–Crippen LogP) is 5.11. The lowest BCUT2D eigenvalue weighted by atomic mass is 10.0. The minimum atomic E-state index is -0.101. The quantitative estimate of drug-likeness (QED) is 0.415. The van der Waals surface area contributed by atoms with E-state index in [1.165, 1.54) is 0 Å². The molecule has 0 bridgehead atoms. The van der Waals surface area contributed by atoms with Gasteiger partial charge in [0.05, 0.1) is 25.8 Å². The third-order valence-corrected chi connectivity index (χ3v) is 6.05. The van der Waals surface area contributed by atoms with Gasteiger partial charge in [0.15, 0.2) is 11.5 Å². The summed E-state index contributed by atoms with van der Waals surface area (Å²) in [5, 5.41) is 5.59. The first-order chi connectivity index (χ1) is 16.7. The molecule has 0 saturated carbocycles. The first-order valence-electron chi connectivity index (χ1n) is 11.3. The number of nitrogens with zero attached hydrogens (tertiary/aromatic N) is 1. The van der Waals surface area contributed by atoms with Gasteiger partial charge in [-0.3, -0.25) is 9.78 Å². The van der Waals surface area contributed by atoms with E-state index in [2.05, 4.69) is 10.3 Å². The van der Waals surface area contributed by atoms with Gasteiger partial charge in [0, 0.05) is 36.4 Å². The number of hydrogen-bond acceptors (Lipinski definition) is 6. The van der Waals surface area contributed by atoms with Crippen LogP contribution in [0.5, 0.6) is 23.0 Å². The van der Waals surface area contributed by atoms with E-state index in [0.29, 0.717) is 35.1 Å². The van der Waals surface area contributed by atoms with Crippen molar-refractivity contribution in [3.8, 4) is 23.0 Å². The van der Waals surface area contributed by atoms with Crippen LogP contribution in [0.2, 0.25) is 0 Å². The fourth-order valence-corrected chi connectivity index (χ4v) is 4.29. The summed E-state index contributed by atoms with van der Waals surface area (Å²) in [5.41, 5.74) is 1.37. The van der Waals surface area contributed by atoms with Crippen molar-refractivity contribution >= 4 is 27.6 Å². The van der Waals surface area contributed by atoms with Gasteiger partial charge in [-0.15, -0.1) is 0 Å². The highest BCUT2D eigenvalue weighted by atomic mass is 16.5. The molecular formula is C27H26N2O5. The molecular weight excluding hydrogens is 432 g/mol. The smallest absolute Gasteiger partial charge is 0.252 e. The molecule has 1 saturated heterocycles. The number of nitrogens with one attached hydrogen (secondary N) is 1. The standard InChI is InChI=1S/C27H26N2O5/c1-31-25-14-22-23(15-26(25)32-2)28-11-10-24(22)34-18-8-9-20-17(13-18)5-3-7-21(20)27(30)29-16-19-6-4-12-33-19/h3,5,7-11,13-15,19H,4,6,12,16H2,1-2H3,(H,29,30)/t19-/m1/s1. The van der Waals surface area contributed by atoms with Gasteiger partial charge >= 0.3 is 0 Å². The lowest BCUT2D eigenvalue weighted by Crippen LogP contribution is -2.31. The van der Waals surface area contributed by atoms with Gasteiger partial charge in [-0.2, -0.15) is 0 Å². The van der Waals surface area contributed by atoms with E-state index in [-0.39, 0.29) is 12.0 Å². The Labute approximate surface area is 197 Å². The Morgan fingerprint density at radius 2 is 1.88 bits per heavy atom. The second-order valence-electron chi connectivity index (χ2n) is 8.17. The maximum Gasteiger partial charge on any atom is 0.252 e. The van der Waals surface area contributed by atoms with Crippen LogP contribution in [0.25, 0.3) is 21.7 Å². The number of benzene rings is 3. The molecule has 0 aliphatic carbocycles. The van der Waals surface area contributed by atoms with Crippen molar-refractivity contribution in [1.82, 2.24) is 10.3 Å². The molecule has 7 nitrogen and oxygen atoms in total. The van der Waals surface area contributed by atoms with Gasteiger partial charge < -0.3 is 24.3 Å². The van der Waals surface area contributed by atoms with E-state index in [1.54, 1.807) is 20.4 Å². The topological polar surface area (TPSA) is 78.9 Å². The molecule has 5 rings (SSSR count). The average Bonchev–Trinajstić information content (AvgIpc) is 3.40. The molecule has 1 fully saturated rings. The van der Waals surface area contributed by atoms with Gasteiger partial charge in [-0.25, -0.2) is 0 Å². The van der Waals surface area contributed by atoms with Crippen molar-refractivity contribution in [2.24, 2.45) is 0 Å². The van der Waals surface area contributed by atoms with Crippen LogP contribution in [0, 0.1) is 0 Å². The molecule has 1 atom stereocenters. The third kappa shape index (κ3) is 4.34. The molecule has 3 aromatic carbocycles. The Bertz CT molecular complexity index is 1350. The number of ether oxygens (including phenoxy) is 4. The van der Waals surface area contributed by atoms with Crippen molar-refractivity contribution in [2.45, 2.75) is 18.9 Å².